The van der Waals surface area contributed by atoms with E-state index in [9.17, 15) is 4.79 Å². The second kappa shape index (κ2) is 6.37. The Kier molecular flexibility index (Phi) is 4.90. The van der Waals surface area contributed by atoms with E-state index in [-0.39, 0.29) is 12.1 Å². The Bertz CT molecular complexity index is 554. The van der Waals surface area contributed by atoms with Gasteiger partial charge in [-0.1, -0.05) is 11.6 Å². The summed E-state index contributed by atoms with van der Waals surface area (Å²) >= 11 is 6.02. The number of amides is 1. The molecule has 1 aliphatic heterocycles. The molecule has 0 aliphatic carbocycles. The molecule has 22 heavy (non-hydrogen) atoms. The first-order valence-electron chi connectivity index (χ1n) is 7.64. The van der Waals surface area contributed by atoms with E-state index in [1.54, 1.807) is 4.90 Å². The molecule has 1 atom stereocenters. The quantitative estimate of drug-likeness (QED) is 0.821. The average molecular weight is 325 g/mol. The molecule has 0 saturated carbocycles. The van der Waals surface area contributed by atoms with Crippen molar-refractivity contribution in [2.75, 3.05) is 25.0 Å². The van der Waals surface area contributed by atoms with E-state index in [1.807, 2.05) is 46.0 Å². The number of carbonyl (C=O) groups is 1. The molecule has 0 spiro atoms. The molecule has 1 aromatic rings. The van der Waals surface area contributed by atoms with Crippen LogP contribution in [-0.4, -0.2) is 42.8 Å². The number of hydrogen-bond acceptors (Lipinski definition) is 3. The second-order valence-electron chi connectivity index (χ2n) is 6.91. The lowest BCUT2D eigenvalue weighted by Crippen LogP contribution is -2.42. The Morgan fingerprint density at radius 2 is 2.09 bits per heavy atom. The molecule has 0 bridgehead atoms. The first-order valence-corrected chi connectivity index (χ1v) is 8.02. The molecule has 0 radical (unpaired) electrons. The van der Waals surface area contributed by atoms with Gasteiger partial charge in [-0.3, -0.25) is 0 Å². The Balaban J connectivity index is 2.01. The van der Waals surface area contributed by atoms with Crippen molar-refractivity contribution in [3.05, 3.63) is 28.8 Å². The first-order chi connectivity index (χ1) is 10.2. The molecule has 1 heterocycles. The molecule has 0 N–H and O–H groups in total. The van der Waals surface area contributed by atoms with Crippen molar-refractivity contribution < 1.29 is 9.53 Å². The van der Waals surface area contributed by atoms with Crippen LogP contribution in [-0.2, 0) is 4.74 Å². The highest BCUT2D eigenvalue weighted by atomic mass is 35.5. The van der Waals surface area contributed by atoms with Crippen LogP contribution >= 0.6 is 11.6 Å². The van der Waals surface area contributed by atoms with Gasteiger partial charge in [0.1, 0.15) is 5.60 Å². The molecule has 0 unspecified atom stereocenters. The summed E-state index contributed by atoms with van der Waals surface area (Å²) in [6, 6.07) is 6.11. The van der Waals surface area contributed by atoms with Crippen molar-refractivity contribution in [3.63, 3.8) is 0 Å². The summed E-state index contributed by atoms with van der Waals surface area (Å²) in [7, 11) is 1.82. The van der Waals surface area contributed by atoms with Gasteiger partial charge in [-0.05, 0) is 57.9 Å². The van der Waals surface area contributed by atoms with Crippen molar-refractivity contribution in [1.29, 1.82) is 0 Å². The van der Waals surface area contributed by atoms with Crippen LogP contribution < -0.4 is 4.90 Å². The maximum absolute atomic E-state index is 12.2. The average Bonchev–Trinajstić information content (AvgIpc) is 2.85. The lowest BCUT2D eigenvalue weighted by atomic mass is 10.2. The number of anilines is 1. The van der Waals surface area contributed by atoms with Crippen LogP contribution in [0.4, 0.5) is 10.5 Å². The summed E-state index contributed by atoms with van der Waals surface area (Å²) in [5, 5.41) is 0.753. The lowest BCUT2D eigenvalue weighted by molar-refractivity contribution is 0.0238. The Labute approximate surface area is 138 Å². The Morgan fingerprint density at radius 1 is 1.41 bits per heavy atom. The third-order valence-corrected chi connectivity index (χ3v) is 4.13. The van der Waals surface area contributed by atoms with Gasteiger partial charge in [0, 0.05) is 30.8 Å². The maximum Gasteiger partial charge on any atom is 0.410 e. The van der Waals surface area contributed by atoms with E-state index in [0.717, 1.165) is 30.1 Å². The fourth-order valence-corrected chi connectivity index (χ4v) is 2.96. The number of rotatable bonds is 2. The largest absolute Gasteiger partial charge is 0.444 e. The van der Waals surface area contributed by atoms with E-state index in [0.29, 0.717) is 0 Å². The molecule has 0 aromatic heterocycles. The standard InChI is InChI=1S/C17H25ClN2O2/c1-12-10-13(18)6-7-15(12)20-9-8-14(11-20)19(5)16(21)22-17(2,3)4/h6-7,10,14H,8-9,11H2,1-5H3/t14-/m0/s1. The maximum atomic E-state index is 12.2. The van der Waals surface area contributed by atoms with E-state index in [4.69, 9.17) is 16.3 Å². The van der Waals surface area contributed by atoms with Crippen LogP contribution in [0.1, 0.15) is 32.8 Å². The highest BCUT2D eigenvalue weighted by Crippen LogP contribution is 2.28. The lowest BCUT2D eigenvalue weighted by Gasteiger charge is -2.29. The number of carbonyl (C=O) groups excluding carboxylic acids is 1. The molecule has 1 aromatic carbocycles. The molecule has 1 fully saturated rings. The smallest absolute Gasteiger partial charge is 0.410 e. The van der Waals surface area contributed by atoms with Crippen LogP contribution in [0, 0.1) is 6.92 Å². The molecule has 1 saturated heterocycles. The molecule has 4 nitrogen and oxygen atoms in total. The number of halogens is 1. The van der Waals surface area contributed by atoms with Gasteiger partial charge in [0.05, 0.1) is 6.04 Å². The highest BCUT2D eigenvalue weighted by Gasteiger charge is 2.31. The minimum absolute atomic E-state index is 0.171. The third-order valence-electron chi connectivity index (χ3n) is 3.89. The van der Waals surface area contributed by atoms with Gasteiger partial charge in [0.15, 0.2) is 0 Å². The number of likely N-dealkylation sites (N-methyl/N-ethyl adjacent to an activating group) is 1. The van der Waals surface area contributed by atoms with Gasteiger partial charge in [0.25, 0.3) is 0 Å². The van der Waals surface area contributed by atoms with Crippen LogP contribution in [0.3, 0.4) is 0 Å². The fourth-order valence-electron chi connectivity index (χ4n) is 2.73. The summed E-state index contributed by atoms with van der Waals surface area (Å²) in [4.78, 5) is 16.2. The Morgan fingerprint density at radius 3 is 2.68 bits per heavy atom. The minimum atomic E-state index is -0.462. The number of nitrogens with zero attached hydrogens (tertiary/aromatic N) is 2. The van der Waals surface area contributed by atoms with E-state index >= 15 is 0 Å². The summed E-state index contributed by atoms with van der Waals surface area (Å²) in [6.07, 6.45) is 0.685. The van der Waals surface area contributed by atoms with Gasteiger partial charge in [-0.2, -0.15) is 0 Å². The fraction of sp³-hybridized carbons (Fsp3) is 0.588. The zero-order chi connectivity index (χ0) is 16.5. The van der Waals surface area contributed by atoms with Crippen molar-refractivity contribution in [2.24, 2.45) is 0 Å². The van der Waals surface area contributed by atoms with E-state index in [1.165, 1.54) is 5.69 Å². The number of hydrogen-bond donors (Lipinski definition) is 0. The monoisotopic (exact) mass is 324 g/mol. The predicted molar refractivity (Wildman–Crippen MR) is 90.8 cm³/mol. The van der Waals surface area contributed by atoms with Crippen LogP contribution in [0.2, 0.25) is 5.02 Å². The van der Waals surface area contributed by atoms with Crippen LogP contribution in [0.15, 0.2) is 18.2 Å². The predicted octanol–water partition coefficient (Wildman–Crippen LogP) is 4.09. The van der Waals surface area contributed by atoms with E-state index < -0.39 is 5.60 Å². The molecule has 5 heteroatoms. The van der Waals surface area contributed by atoms with Crippen LogP contribution in [0.5, 0.6) is 0 Å². The van der Waals surface area contributed by atoms with Gasteiger partial charge >= 0.3 is 6.09 Å². The van der Waals surface area contributed by atoms with Crippen LogP contribution in [0.25, 0.3) is 0 Å². The zero-order valence-corrected chi connectivity index (χ0v) is 14.8. The van der Waals surface area contributed by atoms with E-state index in [2.05, 4.69) is 11.8 Å². The normalized spacial score (nSPS) is 18.5. The number of aryl methyl sites for hydroxylation is 1. The Hall–Kier alpha value is -1.42. The summed E-state index contributed by atoms with van der Waals surface area (Å²) < 4.78 is 5.44. The number of benzene rings is 1. The van der Waals surface area contributed by atoms with Crippen molar-refractivity contribution in [1.82, 2.24) is 4.90 Å². The summed E-state index contributed by atoms with van der Waals surface area (Å²) in [5.74, 6) is 0. The van der Waals surface area contributed by atoms with Crippen molar-refractivity contribution >= 4 is 23.4 Å². The van der Waals surface area contributed by atoms with Crippen molar-refractivity contribution in [2.45, 2.75) is 45.8 Å². The second-order valence-corrected chi connectivity index (χ2v) is 7.35. The van der Waals surface area contributed by atoms with Crippen molar-refractivity contribution in [3.8, 4) is 0 Å². The summed E-state index contributed by atoms with van der Waals surface area (Å²) in [6.45, 7) is 9.47. The number of ether oxygens (including phenoxy) is 1. The molecule has 2 rings (SSSR count). The van der Waals surface area contributed by atoms with Gasteiger partial charge in [-0.15, -0.1) is 0 Å². The molecule has 122 valence electrons. The first kappa shape index (κ1) is 16.9. The van der Waals surface area contributed by atoms with Gasteiger partial charge in [-0.25, -0.2) is 4.79 Å². The molecular formula is C17H25ClN2O2. The minimum Gasteiger partial charge on any atom is -0.444 e. The topological polar surface area (TPSA) is 32.8 Å². The van der Waals surface area contributed by atoms with Gasteiger partial charge in [0.2, 0.25) is 0 Å². The molecule has 1 amide bonds. The molecule has 1 aliphatic rings. The molecular weight excluding hydrogens is 300 g/mol. The highest BCUT2D eigenvalue weighted by molar-refractivity contribution is 6.30. The SMILES string of the molecule is Cc1cc(Cl)ccc1N1CC[C@H](N(C)C(=O)OC(C)(C)C)C1. The third kappa shape index (κ3) is 4.07. The zero-order valence-electron chi connectivity index (χ0n) is 14.0. The summed E-state index contributed by atoms with van der Waals surface area (Å²) in [5.41, 5.74) is 1.88. The van der Waals surface area contributed by atoms with Gasteiger partial charge < -0.3 is 14.5 Å².